The number of hydrogen-bond donors (Lipinski definition) is 1. The zero-order chi connectivity index (χ0) is 6.53. The van der Waals surface area contributed by atoms with Crippen LogP contribution in [0.1, 0.15) is 6.42 Å². The first-order chi connectivity index (χ1) is 4.43. The summed E-state index contributed by atoms with van der Waals surface area (Å²) >= 11 is 0. The summed E-state index contributed by atoms with van der Waals surface area (Å²) in [6, 6.07) is 0. The third-order valence-electron chi connectivity index (χ3n) is 1.06. The van der Waals surface area contributed by atoms with Crippen LogP contribution >= 0.6 is 10.5 Å². The van der Waals surface area contributed by atoms with Gasteiger partial charge in [0, 0.05) is 0 Å². The third kappa shape index (κ3) is 2.16. The molecule has 0 saturated heterocycles. The van der Waals surface area contributed by atoms with Crippen molar-refractivity contribution in [2.45, 2.75) is 6.42 Å². The minimum atomic E-state index is 0.307. The second-order valence-corrected chi connectivity index (χ2v) is 3.50. The Morgan fingerprint density at radius 3 is 2.56 bits per heavy atom. The Kier molecular flexibility index (Phi) is 2.74. The third-order valence-corrected chi connectivity index (χ3v) is 2.62. The van der Waals surface area contributed by atoms with E-state index in [4.69, 9.17) is 5.73 Å². The molecule has 1 heterocycles. The van der Waals surface area contributed by atoms with Crippen LogP contribution in [0.25, 0.3) is 0 Å². The fourth-order valence-corrected chi connectivity index (χ4v) is 1.90. The molecule has 0 aromatic heterocycles. The molecule has 0 radical (unpaired) electrons. The SMILES string of the molecule is NCCC=S1C=CC=C1. The second-order valence-electron chi connectivity index (χ2n) is 1.81. The fraction of sp³-hybridized carbons (Fsp3) is 0.286. The van der Waals surface area contributed by atoms with E-state index in [1.165, 1.54) is 0 Å². The van der Waals surface area contributed by atoms with E-state index in [2.05, 4.69) is 28.3 Å². The van der Waals surface area contributed by atoms with E-state index in [0.29, 0.717) is 10.5 Å². The highest BCUT2D eigenvalue weighted by Crippen LogP contribution is 2.20. The van der Waals surface area contributed by atoms with Crippen molar-refractivity contribution in [1.29, 1.82) is 0 Å². The molecule has 0 fully saturated rings. The highest BCUT2D eigenvalue weighted by molar-refractivity contribution is 8.20. The van der Waals surface area contributed by atoms with E-state index < -0.39 is 0 Å². The smallest absolute Gasteiger partial charge is 0.00376 e. The first kappa shape index (κ1) is 6.78. The predicted octanol–water partition coefficient (Wildman–Crippen LogP) is 1.45. The van der Waals surface area contributed by atoms with Crippen LogP contribution in [0.4, 0.5) is 0 Å². The van der Waals surface area contributed by atoms with Gasteiger partial charge in [-0.2, -0.15) is 0 Å². The predicted molar refractivity (Wildman–Crippen MR) is 45.6 cm³/mol. The Balaban J connectivity index is 2.42. The molecule has 0 saturated carbocycles. The molecule has 0 amide bonds. The molecular weight excluding hydrogens is 130 g/mol. The Bertz CT molecular complexity index is 154. The van der Waals surface area contributed by atoms with Crippen LogP contribution in [0.5, 0.6) is 0 Å². The van der Waals surface area contributed by atoms with E-state index in [-0.39, 0.29) is 0 Å². The lowest BCUT2D eigenvalue weighted by molar-refractivity contribution is 1.07. The Morgan fingerprint density at radius 1 is 1.33 bits per heavy atom. The summed E-state index contributed by atoms with van der Waals surface area (Å²) in [6.07, 6.45) is 5.18. The standard InChI is InChI=1S/C7H11NS/c8-4-3-7-9-5-1-2-6-9/h1-2,5-7H,3-4,8H2. The molecule has 0 bridgehead atoms. The largest absolute Gasteiger partial charge is 0.330 e. The summed E-state index contributed by atoms with van der Waals surface area (Å²) in [7, 11) is 0.307. The molecule has 9 heavy (non-hydrogen) atoms. The quantitative estimate of drug-likeness (QED) is 0.579. The van der Waals surface area contributed by atoms with Gasteiger partial charge in [0.25, 0.3) is 0 Å². The van der Waals surface area contributed by atoms with Gasteiger partial charge >= 0.3 is 0 Å². The summed E-state index contributed by atoms with van der Waals surface area (Å²) in [4.78, 5) is 0. The molecule has 0 aromatic rings. The highest BCUT2D eigenvalue weighted by Gasteiger charge is 1.85. The van der Waals surface area contributed by atoms with Gasteiger partial charge in [-0.15, -0.1) is 10.5 Å². The zero-order valence-electron chi connectivity index (χ0n) is 5.29. The zero-order valence-corrected chi connectivity index (χ0v) is 6.10. The summed E-state index contributed by atoms with van der Waals surface area (Å²) in [5.41, 5.74) is 5.33. The van der Waals surface area contributed by atoms with Gasteiger partial charge in [-0.3, -0.25) is 0 Å². The molecule has 1 rings (SSSR count). The number of rotatable bonds is 2. The summed E-state index contributed by atoms with van der Waals surface area (Å²) < 4.78 is 0. The van der Waals surface area contributed by atoms with Crippen molar-refractivity contribution in [3.63, 3.8) is 0 Å². The Labute approximate surface area is 58.2 Å². The van der Waals surface area contributed by atoms with Gasteiger partial charge in [0.1, 0.15) is 0 Å². The van der Waals surface area contributed by atoms with Gasteiger partial charge in [-0.05, 0) is 23.8 Å². The molecule has 1 aliphatic rings. The highest BCUT2D eigenvalue weighted by atomic mass is 32.2. The van der Waals surface area contributed by atoms with Crippen molar-refractivity contribution in [3.05, 3.63) is 23.0 Å². The van der Waals surface area contributed by atoms with Crippen molar-refractivity contribution >= 4 is 15.9 Å². The number of allylic oxidation sites excluding steroid dienone is 2. The Hall–Kier alpha value is -0.340. The lowest BCUT2D eigenvalue weighted by Crippen LogP contribution is -1.97. The molecule has 0 aromatic carbocycles. The number of nitrogens with two attached hydrogens (primary N) is 1. The van der Waals surface area contributed by atoms with Crippen molar-refractivity contribution in [3.8, 4) is 0 Å². The van der Waals surface area contributed by atoms with Crippen molar-refractivity contribution in [2.24, 2.45) is 5.73 Å². The minimum Gasteiger partial charge on any atom is -0.330 e. The monoisotopic (exact) mass is 141 g/mol. The van der Waals surface area contributed by atoms with Crippen molar-refractivity contribution in [1.82, 2.24) is 0 Å². The van der Waals surface area contributed by atoms with Gasteiger partial charge in [-0.1, -0.05) is 17.5 Å². The second kappa shape index (κ2) is 3.64. The maximum Gasteiger partial charge on any atom is -0.00376 e. The maximum absolute atomic E-state index is 5.33. The summed E-state index contributed by atoms with van der Waals surface area (Å²) in [6.45, 7) is 0.769. The normalized spacial score (nSPS) is 17.0. The van der Waals surface area contributed by atoms with Crippen LogP contribution in [-0.4, -0.2) is 11.9 Å². The van der Waals surface area contributed by atoms with Gasteiger partial charge in [-0.25, -0.2) is 0 Å². The molecule has 50 valence electrons. The maximum atomic E-state index is 5.33. The van der Waals surface area contributed by atoms with E-state index >= 15 is 0 Å². The first-order valence-electron chi connectivity index (χ1n) is 3.02. The van der Waals surface area contributed by atoms with Gasteiger partial charge in [0.15, 0.2) is 0 Å². The minimum absolute atomic E-state index is 0.307. The van der Waals surface area contributed by atoms with Crippen LogP contribution in [-0.2, 0) is 0 Å². The molecule has 0 spiro atoms. The fourth-order valence-electron chi connectivity index (χ4n) is 0.633. The van der Waals surface area contributed by atoms with Crippen LogP contribution in [0, 0.1) is 0 Å². The molecular formula is C7H11NS. The molecule has 2 heteroatoms. The van der Waals surface area contributed by atoms with Crippen LogP contribution in [0.2, 0.25) is 0 Å². The lowest BCUT2D eigenvalue weighted by Gasteiger charge is -1.89. The van der Waals surface area contributed by atoms with Gasteiger partial charge in [0.2, 0.25) is 0 Å². The lowest BCUT2D eigenvalue weighted by atomic mass is 10.5. The van der Waals surface area contributed by atoms with Crippen LogP contribution in [0.3, 0.4) is 0 Å². The topological polar surface area (TPSA) is 26.0 Å². The Morgan fingerprint density at radius 2 is 2.00 bits per heavy atom. The average molecular weight is 141 g/mol. The van der Waals surface area contributed by atoms with E-state index in [1.54, 1.807) is 0 Å². The van der Waals surface area contributed by atoms with Crippen molar-refractivity contribution in [2.75, 3.05) is 6.54 Å². The molecule has 2 N–H and O–H groups in total. The van der Waals surface area contributed by atoms with E-state index in [0.717, 1.165) is 13.0 Å². The van der Waals surface area contributed by atoms with Crippen LogP contribution < -0.4 is 5.73 Å². The summed E-state index contributed by atoms with van der Waals surface area (Å²) in [5, 5.41) is 6.63. The van der Waals surface area contributed by atoms with Gasteiger partial charge < -0.3 is 5.73 Å². The molecule has 0 aliphatic carbocycles. The molecule has 0 unspecified atom stereocenters. The van der Waals surface area contributed by atoms with Crippen molar-refractivity contribution < 1.29 is 0 Å². The molecule has 0 atom stereocenters. The van der Waals surface area contributed by atoms with E-state index in [1.807, 2.05) is 0 Å². The van der Waals surface area contributed by atoms with Gasteiger partial charge in [0.05, 0.1) is 0 Å². The van der Waals surface area contributed by atoms with E-state index in [9.17, 15) is 0 Å². The number of hydrogen-bond acceptors (Lipinski definition) is 1. The molecule has 1 nitrogen and oxygen atoms in total. The molecule has 1 aliphatic heterocycles. The summed E-state index contributed by atoms with van der Waals surface area (Å²) in [5.74, 6) is 0. The first-order valence-corrected chi connectivity index (χ1v) is 4.44. The average Bonchev–Trinajstić information content (AvgIpc) is 2.34. The van der Waals surface area contributed by atoms with Crippen LogP contribution in [0.15, 0.2) is 23.0 Å².